The van der Waals surface area contributed by atoms with Gasteiger partial charge in [-0.05, 0) is 46.5 Å². The molecule has 17 heteroatoms. The number of alkyl halides is 10. The first-order chi connectivity index (χ1) is 20.3. The van der Waals surface area contributed by atoms with Gasteiger partial charge in [-0.1, -0.05) is 30.3 Å². The molecule has 0 spiro atoms. The predicted octanol–water partition coefficient (Wildman–Crippen LogP) is 7.06. The highest BCUT2D eigenvalue weighted by molar-refractivity contribution is 5.76. The van der Waals surface area contributed by atoms with Gasteiger partial charge in [0, 0.05) is 12.5 Å². The average molecular weight is 648 g/mol. The lowest BCUT2D eigenvalue weighted by atomic mass is 9.77. The van der Waals surface area contributed by atoms with E-state index in [9.17, 15) is 62.6 Å². The van der Waals surface area contributed by atoms with Crippen LogP contribution in [0.2, 0.25) is 0 Å². The molecule has 44 heavy (non-hydrogen) atoms. The normalized spacial score (nSPS) is 13.9. The summed E-state index contributed by atoms with van der Waals surface area (Å²) in [7, 11) is 0. The van der Waals surface area contributed by atoms with Gasteiger partial charge in [-0.3, -0.25) is 0 Å². The highest BCUT2D eigenvalue weighted by atomic mass is 19.4. The van der Waals surface area contributed by atoms with Gasteiger partial charge in [0.1, 0.15) is 23.9 Å². The molecule has 3 N–H and O–H groups in total. The second-order valence-corrected chi connectivity index (χ2v) is 9.31. The second kappa shape index (κ2) is 12.8. The lowest BCUT2D eigenvalue weighted by Crippen LogP contribution is -2.53. The molecular formula is C27H20F12N2O3. The fourth-order valence-corrected chi connectivity index (χ4v) is 4.12. The van der Waals surface area contributed by atoms with Gasteiger partial charge in [0.25, 0.3) is 0 Å². The van der Waals surface area contributed by atoms with Crippen LogP contribution >= 0.6 is 0 Å². The number of carbonyl (C=O) groups excluding carboxylic acids is 1. The van der Waals surface area contributed by atoms with Crippen molar-refractivity contribution in [1.29, 1.82) is 0 Å². The number of amides is 2. The van der Waals surface area contributed by atoms with Crippen LogP contribution in [0, 0.1) is 11.6 Å². The van der Waals surface area contributed by atoms with Gasteiger partial charge < -0.3 is 20.5 Å². The summed E-state index contributed by atoms with van der Waals surface area (Å²) in [5, 5.41) is 12.7. The molecular weight excluding hydrogens is 628 g/mol. The van der Waals surface area contributed by atoms with Gasteiger partial charge in [0.15, 0.2) is 0 Å². The van der Waals surface area contributed by atoms with Gasteiger partial charge in [-0.2, -0.15) is 43.9 Å². The molecule has 1 unspecified atom stereocenters. The number of urea groups is 1. The van der Waals surface area contributed by atoms with Crippen LogP contribution in [-0.4, -0.2) is 36.4 Å². The largest absolute Gasteiger partial charge is 0.461 e. The highest BCUT2D eigenvalue weighted by Crippen LogP contribution is 2.41. The zero-order chi connectivity index (χ0) is 33.1. The van der Waals surface area contributed by atoms with E-state index in [1.54, 1.807) is 0 Å². The highest BCUT2D eigenvalue weighted by Gasteiger charge is 2.45. The van der Waals surface area contributed by atoms with Crippen LogP contribution in [0.5, 0.6) is 5.75 Å². The summed E-state index contributed by atoms with van der Waals surface area (Å²) in [5.41, 5.74) is -5.70. The van der Waals surface area contributed by atoms with Crippen LogP contribution in [0.3, 0.4) is 0 Å². The Kier molecular flexibility index (Phi) is 10.0. The minimum Gasteiger partial charge on any atom is -0.428 e. The van der Waals surface area contributed by atoms with Gasteiger partial charge in [0.05, 0.1) is 17.7 Å². The summed E-state index contributed by atoms with van der Waals surface area (Å²) in [6.07, 6.45) is -20.8. The Morgan fingerprint density at radius 2 is 1.43 bits per heavy atom. The Morgan fingerprint density at radius 1 is 0.818 bits per heavy atom. The second-order valence-electron chi connectivity index (χ2n) is 9.31. The summed E-state index contributed by atoms with van der Waals surface area (Å²) in [4.78, 5) is 12.8. The predicted molar refractivity (Wildman–Crippen MR) is 129 cm³/mol. The SMILES string of the molecule is O=C(NCC(F)(F)F)NC(Cc1ccc(CO)cc1)(c1cc(F)cc(OC(F)(F)C(F)F)c1)c1ccc(F)c(C(F)(F)F)c1. The maximum atomic E-state index is 14.8. The fraction of sp³-hybridized carbons (Fsp3) is 0.296. The van der Waals surface area contributed by atoms with E-state index in [1.807, 2.05) is 5.32 Å². The zero-order valence-electron chi connectivity index (χ0n) is 21.8. The number of rotatable bonds is 10. The van der Waals surface area contributed by atoms with Crippen molar-refractivity contribution in [3.63, 3.8) is 0 Å². The summed E-state index contributed by atoms with van der Waals surface area (Å²) < 4.78 is 166. The van der Waals surface area contributed by atoms with Gasteiger partial charge in [-0.15, -0.1) is 0 Å². The van der Waals surface area contributed by atoms with E-state index in [-0.39, 0.29) is 17.7 Å². The molecule has 2 amide bonds. The van der Waals surface area contributed by atoms with E-state index >= 15 is 0 Å². The van der Waals surface area contributed by atoms with Crippen LogP contribution in [-0.2, 0) is 24.7 Å². The molecule has 3 rings (SSSR count). The summed E-state index contributed by atoms with van der Waals surface area (Å²) in [5.74, 6) is -4.62. The molecule has 1 atom stereocenters. The first-order valence-electron chi connectivity index (χ1n) is 12.1. The number of aliphatic hydroxyl groups excluding tert-OH is 1. The molecule has 0 fully saturated rings. The fourth-order valence-electron chi connectivity index (χ4n) is 4.12. The van der Waals surface area contributed by atoms with Crippen LogP contribution in [0.4, 0.5) is 57.5 Å². The van der Waals surface area contributed by atoms with E-state index < -0.39 is 90.1 Å². The number of nitrogens with one attached hydrogen (secondary N) is 2. The third kappa shape index (κ3) is 8.48. The molecule has 0 aliphatic carbocycles. The molecule has 0 saturated carbocycles. The third-order valence-corrected chi connectivity index (χ3v) is 6.09. The molecule has 3 aromatic rings. The van der Waals surface area contributed by atoms with E-state index in [0.29, 0.717) is 29.8 Å². The lowest BCUT2D eigenvalue weighted by molar-refractivity contribution is -0.253. The number of aliphatic hydroxyl groups is 1. The molecule has 5 nitrogen and oxygen atoms in total. The molecule has 240 valence electrons. The molecule has 0 bridgehead atoms. The smallest absolute Gasteiger partial charge is 0.428 e. The van der Waals surface area contributed by atoms with E-state index in [1.165, 1.54) is 29.6 Å². The van der Waals surface area contributed by atoms with Crippen molar-refractivity contribution >= 4 is 6.03 Å². The average Bonchev–Trinajstić information content (AvgIpc) is 2.90. The van der Waals surface area contributed by atoms with Crippen molar-refractivity contribution in [3.8, 4) is 5.75 Å². The van der Waals surface area contributed by atoms with Crippen molar-refractivity contribution < 1.29 is 67.3 Å². The first kappa shape index (κ1) is 34.3. The van der Waals surface area contributed by atoms with Crippen molar-refractivity contribution in [1.82, 2.24) is 10.6 Å². The van der Waals surface area contributed by atoms with E-state index in [4.69, 9.17) is 0 Å². The molecule has 0 aliphatic heterocycles. The summed E-state index contributed by atoms with van der Waals surface area (Å²) >= 11 is 0. The van der Waals surface area contributed by atoms with Crippen molar-refractivity contribution in [3.05, 3.63) is 100 Å². The number of hydrogen-bond acceptors (Lipinski definition) is 3. The molecule has 0 aromatic heterocycles. The third-order valence-electron chi connectivity index (χ3n) is 6.09. The van der Waals surface area contributed by atoms with E-state index in [2.05, 4.69) is 4.74 Å². The Bertz CT molecular complexity index is 1460. The maximum absolute atomic E-state index is 14.8. The molecule has 0 radical (unpaired) electrons. The molecule has 0 saturated heterocycles. The van der Waals surface area contributed by atoms with Gasteiger partial charge in [0.2, 0.25) is 0 Å². The number of benzene rings is 3. The molecule has 0 aliphatic rings. The van der Waals surface area contributed by atoms with Crippen LogP contribution < -0.4 is 15.4 Å². The topological polar surface area (TPSA) is 70.6 Å². The van der Waals surface area contributed by atoms with Crippen LogP contribution in [0.1, 0.15) is 27.8 Å². The van der Waals surface area contributed by atoms with Crippen molar-refractivity contribution in [2.24, 2.45) is 0 Å². The van der Waals surface area contributed by atoms with Gasteiger partial charge >= 0.3 is 30.9 Å². The monoisotopic (exact) mass is 648 g/mol. The van der Waals surface area contributed by atoms with E-state index in [0.717, 1.165) is 0 Å². The Hall–Kier alpha value is -4.15. The molecule has 0 heterocycles. The molecule has 3 aromatic carbocycles. The lowest BCUT2D eigenvalue weighted by Gasteiger charge is -2.37. The number of hydrogen-bond donors (Lipinski definition) is 3. The quantitative estimate of drug-likeness (QED) is 0.206. The minimum absolute atomic E-state index is 0.0563. The van der Waals surface area contributed by atoms with Crippen LogP contribution in [0.15, 0.2) is 60.7 Å². The van der Waals surface area contributed by atoms with Crippen molar-refractivity contribution in [2.75, 3.05) is 6.54 Å². The zero-order valence-corrected chi connectivity index (χ0v) is 21.8. The summed E-state index contributed by atoms with van der Waals surface area (Å²) in [6, 6.07) is 5.63. The first-order valence-corrected chi connectivity index (χ1v) is 12.1. The van der Waals surface area contributed by atoms with Crippen LogP contribution in [0.25, 0.3) is 0 Å². The van der Waals surface area contributed by atoms with Gasteiger partial charge in [-0.25, -0.2) is 13.6 Å². The minimum atomic E-state index is -5.37. The van der Waals surface area contributed by atoms with Crippen molar-refractivity contribution in [2.45, 2.75) is 43.5 Å². The number of halogens is 12. The maximum Gasteiger partial charge on any atom is 0.461 e. The standard InChI is InChI=1S/C27H20F12N2O3/c28-18-7-17(8-19(10-18)44-27(38,39)22(30)31)24(41-23(43)40-13-25(32,33)34,11-14-1-3-15(12-42)4-2-14)16-5-6-21(29)20(9-16)26(35,36)37/h1-10,22,42H,11-13H2,(H2,40,41,43). The Morgan fingerprint density at radius 3 is 1.98 bits per heavy atom. The number of carbonyl (C=O) groups is 1. The number of ether oxygens (including phenoxy) is 1. The Balaban J connectivity index is 2.35. The Labute approximate surface area is 240 Å². The summed E-state index contributed by atoms with van der Waals surface area (Å²) in [6.45, 7) is -2.44.